The fourth-order valence-electron chi connectivity index (χ4n) is 1.25. The van der Waals surface area contributed by atoms with Crippen molar-refractivity contribution in [3.8, 4) is 5.75 Å². The summed E-state index contributed by atoms with van der Waals surface area (Å²) >= 11 is 0. The third-order valence-corrected chi connectivity index (χ3v) is 2.63. The van der Waals surface area contributed by atoms with E-state index in [1.54, 1.807) is 24.1 Å². The number of nitrogens with zero attached hydrogens (tertiary/aromatic N) is 1. The molecule has 1 amide bonds. The molecule has 3 nitrogen and oxygen atoms in total. The van der Waals surface area contributed by atoms with Gasteiger partial charge in [-0.25, -0.2) is 0 Å². The lowest BCUT2D eigenvalue weighted by Gasteiger charge is -2.32. The Balaban J connectivity index is 2.96. The molecule has 1 aromatic rings. The summed E-state index contributed by atoms with van der Waals surface area (Å²) in [7, 11) is 3.40. The third kappa shape index (κ3) is 2.75. The van der Waals surface area contributed by atoms with E-state index in [9.17, 15) is 4.79 Å². The van der Waals surface area contributed by atoms with Crippen molar-refractivity contribution in [2.24, 2.45) is 0 Å². The van der Waals surface area contributed by atoms with Crippen LogP contribution >= 0.6 is 0 Å². The van der Waals surface area contributed by atoms with Crippen LogP contribution in [0.4, 0.5) is 0 Å². The van der Waals surface area contributed by atoms with Gasteiger partial charge in [-0.05, 0) is 39.0 Å². The van der Waals surface area contributed by atoms with Gasteiger partial charge < -0.3 is 9.64 Å². The molecule has 0 N–H and O–H groups in total. The minimum atomic E-state index is -0.180. The van der Waals surface area contributed by atoms with Gasteiger partial charge in [0.25, 0.3) is 5.91 Å². The van der Waals surface area contributed by atoms with E-state index >= 15 is 0 Å². The highest BCUT2D eigenvalue weighted by Crippen LogP contribution is 2.18. The van der Waals surface area contributed by atoms with Crippen molar-refractivity contribution in [2.75, 3.05) is 14.2 Å². The zero-order valence-electron chi connectivity index (χ0n) is 10.6. The van der Waals surface area contributed by atoms with E-state index < -0.39 is 0 Å². The smallest absolute Gasteiger partial charge is 0.254 e. The molecule has 0 radical (unpaired) electrons. The van der Waals surface area contributed by atoms with Crippen LogP contribution in [0.2, 0.25) is 0 Å². The van der Waals surface area contributed by atoms with Gasteiger partial charge >= 0.3 is 0 Å². The Hall–Kier alpha value is -1.51. The summed E-state index contributed by atoms with van der Waals surface area (Å²) in [6.45, 7) is 6.02. The lowest BCUT2D eigenvalue weighted by atomic mass is 10.1. The molecule has 0 aromatic heterocycles. The average molecular weight is 221 g/mol. The molecule has 1 aromatic carbocycles. The standard InChI is InChI=1S/C13H19NO2/c1-13(2,3)14(4)12(15)10-7-6-8-11(9-10)16-5/h6-9H,1-5H3. The number of carbonyl (C=O) groups is 1. The van der Waals surface area contributed by atoms with Crippen molar-refractivity contribution in [2.45, 2.75) is 26.3 Å². The maximum Gasteiger partial charge on any atom is 0.254 e. The molecule has 0 saturated heterocycles. The second kappa shape index (κ2) is 4.56. The van der Waals surface area contributed by atoms with Crippen LogP contribution in [0.25, 0.3) is 0 Å². The fraction of sp³-hybridized carbons (Fsp3) is 0.462. The maximum atomic E-state index is 12.1. The van der Waals surface area contributed by atoms with Crippen LogP contribution in [0.3, 0.4) is 0 Å². The van der Waals surface area contributed by atoms with Gasteiger partial charge in [-0.2, -0.15) is 0 Å². The molecule has 0 saturated carbocycles. The first-order chi connectivity index (χ1) is 7.36. The van der Waals surface area contributed by atoms with E-state index in [1.807, 2.05) is 40.0 Å². The molecule has 0 fully saturated rings. The zero-order chi connectivity index (χ0) is 12.3. The highest BCUT2D eigenvalue weighted by molar-refractivity contribution is 5.94. The minimum Gasteiger partial charge on any atom is -0.497 e. The number of rotatable bonds is 2. The SMILES string of the molecule is COc1cccc(C(=O)N(C)C(C)(C)C)c1. The van der Waals surface area contributed by atoms with Crippen LogP contribution in [-0.2, 0) is 0 Å². The predicted octanol–water partition coefficient (Wildman–Crippen LogP) is 2.57. The number of carbonyl (C=O) groups excluding carboxylic acids is 1. The number of methoxy groups -OCH3 is 1. The molecule has 3 heteroatoms. The van der Waals surface area contributed by atoms with Crippen LogP contribution in [0, 0.1) is 0 Å². The zero-order valence-corrected chi connectivity index (χ0v) is 10.6. The van der Waals surface area contributed by atoms with E-state index in [-0.39, 0.29) is 11.4 Å². The lowest BCUT2D eigenvalue weighted by Crippen LogP contribution is -2.42. The first-order valence-electron chi connectivity index (χ1n) is 5.28. The summed E-state index contributed by atoms with van der Waals surface area (Å²) in [6.07, 6.45) is 0. The number of amides is 1. The number of hydrogen-bond acceptors (Lipinski definition) is 2. The first kappa shape index (κ1) is 12.6. The molecule has 0 spiro atoms. The van der Waals surface area contributed by atoms with Gasteiger partial charge in [0.1, 0.15) is 5.75 Å². The van der Waals surface area contributed by atoms with Crippen molar-refractivity contribution < 1.29 is 9.53 Å². The first-order valence-corrected chi connectivity index (χ1v) is 5.28. The summed E-state index contributed by atoms with van der Waals surface area (Å²) in [5.41, 5.74) is 0.469. The second-order valence-electron chi connectivity index (χ2n) is 4.77. The molecule has 0 aliphatic rings. The van der Waals surface area contributed by atoms with E-state index in [0.717, 1.165) is 0 Å². The molecule has 0 aliphatic carbocycles. The van der Waals surface area contributed by atoms with Gasteiger partial charge in [0.2, 0.25) is 0 Å². The molecule has 1 rings (SSSR count). The summed E-state index contributed by atoms with van der Waals surface area (Å²) in [6, 6.07) is 7.20. The Morgan fingerprint density at radius 3 is 2.44 bits per heavy atom. The van der Waals surface area contributed by atoms with Crippen LogP contribution in [0.1, 0.15) is 31.1 Å². The molecule has 0 atom stereocenters. The van der Waals surface area contributed by atoms with Crippen LogP contribution < -0.4 is 4.74 Å². The monoisotopic (exact) mass is 221 g/mol. The van der Waals surface area contributed by atoms with Crippen molar-refractivity contribution in [1.29, 1.82) is 0 Å². The minimum absolute atomic E-state index is 0.00593. The largest absolute Gasteiger partial charge is 0.497 e. The van der Waals surface area contributed by atoms with Crippen molar-refractivity contribution in [3.05, 3.63) is 29.8 Å². The van der Waals surface area contributed by atoms with E-state index in [0.29, 0.717) is 11.3 Å². The molecule has 0 bridgehead atoms. The Labute approximate surface area is 97.0 Å². The normalized spacial score (nSPS) is 11.1. The number of hydrogen-bond donors (Lipinski definition) is 0. The van der Waals surface area contributed by atoms with Gasteiger partial charge in [0.05, 0.1) is 7.11 Å². The van der Waals surface area contributed by atoms with E-state index in [1.165, 1.54) is 0 Å². The Morgan fingerprint density at radius 1 is 1.31 bits per heavy atom. The molecule has 16 heavy (non-hydrogen) atoms. The van der Waals surface area contributed by atoms with E-state index in [4.69, 9.17) is 4.74 Å². The quantitative estimate of drug-likeness (QED) is 0.768. The second-order valence-corrected chi connectivity index (χ2v) is 4.77. The van der Waals surface area contributed by atoms with Crippen molar-refractivity contribution >= 4 is 5.91 Å². The van der Waals surface area contributed by atoms with Gasteiger partial charge in [-0.1, -0.05) is 6.07 Å². The summed E-state index contributed by atoms with van der Waals surface area (Å²) in [5.74, 6) is 0.708. The topological polar surface area (TPSA) is 29.5 Å². The maximum absolute atomic E-state index is 12.1. The van der Waals surface area contributed by atoms with Gasteiger partial charge in [-0.3, -0.25) is 4.79 Å². The summed E-state index contributed by atoms with van der Waals surface area (Å²) < 4.78 is 5.10. The third-order valence-electron chi connectivity index (χ3n) is 2.63. The highest BCUT2D eigenvalue weighted by atomic mass is 16.5. The van der Waals surface area contributed by atoms with Gasteiger partial charge in [0, 0.05) is 18.2 Å². The van der Waals surface area contributed by atoms with Gasteiger partial charge in [-0.15, -0.1) is 0 Å². The molecule has 88 valence electrons. The van der Waals surface area contributed by atoms with E-state index in [2.05, 4.69) is 0 Å². The Kier molecular flexibility index (Phi) is 3.58. The predicted molar refractivity (Wildman–Crippen MR) is 64.8 cm³/mol. The van der Waals surface area contributed by atoms with Crippen molar-refractivity contribution in [3.63, 3.8) is 0 Å². The fourth-order valence-corrected chi connectivity index (χ4v) is 1.25. The van der Waals surface area contributed by atoms with Crippen molar-refractivity contribution in [1.82, 2.24) is 4.90 Å². The number of benzene rings is 1. The molecule has 0 aliphatic heterocycles. The van der Waals surface area contributed by atoms with Crippen LogP contribution in [0.5, 0.6) is 5.75 Å². The highest BCUT2D eigenvalue weighted by Gasteiger charge is 2.23. The Bertz CT molecular complexity index is 380. The lowest BCUT2D eigenvalue weighted by molar-refractivity contribution is 0.0655. The summed E-state index contributed by atoms with van der Waals surface area (Å²) in [4.78, 5) is 13.9. The average Bonchev–Trinajstić information content (AvgIpc) is 2.26. The Morgan fingerprint density at radius 2 is 1.94 bits per heavy atom. The molecular weight excluding hydrogens is 202 g/mol. The van der Waals surface area contributed by atoms with Gasteiger partial charge in [0.15, 0.2) is 0 Å². The molecule has 0 heterocycles. The van der Waals surface area contributed by atoms with Crippen LogP contribution in [0.15, 0.2) is 24.3 Å². The molecule has 0 unspecified atom stereocenters. The number of ether oxygens (including phenoxy) is 1. The van der Waals surface area contributed by atoms with Crippen LogP contribution in [-0.4, -0.2) is 30.5 Å². The molecular formula is C13H19NO2. The summed E-state index contributed by atoms with van der Waals surface area (Å²) in [5, 5.41) is 0.